The van der Waals surface area contributed by atoms with Gasteiger partial charge in [0.15, 0.2) is 0 Å². The molecule has 40 heavy (non-hydrogen) atoms. The lowest BCUT2D eigenvalue weighted by Crippen LogP contribution is -2.11. The first-order valence-electron chi connectivity index (χ1n) is 13.0. The van der Waals surface area contributed by atoms with E-state index in [0.717, 1.165) is 22.3 Å². The maximum atomic E-state index is 13.9. The van der Waals surface area contributed by atoms with Crippen LogP contribution < -0.4 is 0 Å². The molecule has 0 aliphatic carbocycles. The molecule has 6 rings (SSSR count). The van der Waals surface area contributed by atoms with Gasteiger partial charge >= 0.3 is 0 Å². The third-order valence-corrected chi connectivity index (χ3v) is 7.09. The Bertz CT molecular complexity index is 1650. The molecule has 0 spiro atoms. The van der Waals surface area contributed by atoms with Crippen LogP contribution in [0.1, 0.15) is 22.3 Å². The Morgan fingerprint density at radius 1 is 0.525 bits per heavy atom. The molecule has 0 aliphatic rings. The lowest BCUT2D eigenvalue weighted by atomic mass is 10.0. The smallest absolute Gasteiger partial charge is 0.123 e. The molecular weight excluding hydrogens is 506 g/mol. The van der Waals surface area contributed by atoms with Gasteiger partial charge < -0.3 is 0 Å². The average molecular weight is 533 g/mol. The third-order valence-electron chi connectivity index (χ3n) is 7.09. The standard InChI is InChI=1S/C32H26F2N6/c1-21-7-3-5-9-25(21)19-39-31(29(35-37-39)23-11-15-27(33)16-12-23)32-30(24-13-17-28(34)18-14-24)36-38-40(32)20-26-10-6-4-8-22(26)2/h3-18H,19-20H2,1-2H3. The van der Waals surface area contributed by atoms with E-state index in [1.807, 2.05) is 33.6 Å². The molecule has 0 aliphatic heterocycles. The zero-order valence-corrected chi connectivity index (χ0v) is 22.1. The molecule has 0 unspecified atom stereocenters. The van der Waals surface area contributed by atoms with Gasteiger partial charge in [-0.1, -0.05) is 59.0 Å². The number of aromatic nitrogens is 6. The van der Waals surface area contributed by atoms with Gasteiger partial charge in [0.1, 0.15) is 34.4 Å². The van der Waals surface area contributed by atoms with Crippen LogP contribution in [0.4, 0.5) is 8.78 Å². The van der Waals surface area contributed by atoms with Crippen LogP contribution in [-0.4, -0.2) is 30.0 Å². The molecule has 2 aromatic heterocycles. The highest BCUT2D eigenvalue weighted by Gasteiger charge is 2.26. The third kappa shape index (κ3) is 4.91. The number of hydrogen-bond donors (Lipinski definition) is 0. The van der Waals surface area contributed by atoms with E-state index < -0.39 is 0 Å². The molecule has 0 N–H and O–H groups in total. The fourth-order valence-corrected chi connectivity index (χ4v) is 4.82. The minimum absolute atomic E-state index is 0.337. The molecule has 6 nitrogen and oxygen atoms in total. The second kappa shape index (κ2) is 10.6. The molecule has 0 amide bonds. The topological polar surface area (TPSA) is 61.4 Å². The van der Waals surface area contributed by atoms with Crippen LogP contribution in [0.25, 0.3) is 33.9 Å². The second-order valence-electron chi connectivity index (χ2n) is 9.76. The predicted molar refractivity (Wildman–Crippen MR) is 150 cm³/mol. The van der Waals surface area contributed by atoms with Gasteiger partial charge in [-0.25, -0.2) is 18.1 Å². The van der Waals surface area contributed by atoms with Gasteiger partial charge in [0.25, 0.3) is 0 Å². The molecule has 4 aromatic carbocycles. The fourth-order valence-electron chi connectivity index (χ4n) is 4.82. The summed E-state index contributed by atoms with van der Waals surface area (Å²) in [5.41, 5.74) is 8.36. The van der Waals surface area contributed by atoms with Gasteiger partial charge in [-0.3, -0.25) is 0 Å². The summed E-state index contributed by atoms with van der Waals surface area (Å²) < 4.78 is 31.4. The fraction of sp³-hybridized carbons (Fsp3) is 0.125. The van der Waals surface area contributed by atoms with Crippen LogP contribution >= 0.6 is 0 Å². The van der Waals surface area contributed by atoms with Crippen molar-refractivity contribution in [3.05, 3.63) is 131 Å². The summed E-state index contributed by atoms with van der Waals surface area (Å²) in [7, 11) is 0. The molecule has 2 heterocycles. The van der Waals surface area contributed by atoms with E-state index >= 15 is 0 Å². The lowest BCUT2D eigenvalue weighted by Gasteiger charge is -2.14. The largest absolute Gasteiger partial charge is 0.238 e. The van der Waals surface area contributed by atoms with E-state index in [4.69, 9.17) is 0 Å². The molecule has 8 heteroatoms. The summed E-state index contributed by atoms with van der Waals surface area (Å²) in [4.78, 5) is 0. The van der Waals surface area contributed by atoms with Gasteiger partial charge in [-0.05, 0) is 84.6 Å². The summed E-state index contributed by atoms with van der Waals surface area (Å²) in [6.07, 6.45) is 0. The van der Waals surface area contributed by atoms with Gasteiger partial charge in [0, 0.05) is 11.1 Å². The normalized spacial score (nSPS) is 11.2. The summed E-state index contributed by atoms with van der Waals surface area (Å²) >= 11 is 0. The number of nitrogens with zero attached hydrogens (tertiary/aromatic N) is 6. The minimum Gasteiger partial charge on any atom is -0.238 e. The number of benzene rings is 4. The Balaban J connectivity index is 1.60. The number of halogens is 2. The maximum Gasteiger partial charge on any atom is 0.123 e. The summed E-state index contributed by atoms with van der Waals surface area (Å²) in [6, 6.07) is 28.6. The van der Waals surface area contributed by atoms with Crippen molar-refractivity contribution in [3.63, 3.8) is 0 Å². The first-order chi connectivity index (χ1) is 19.5. The van der Waals surface area contributed by atoms with Crippen LogP contribution in [-0.2, 0) is 13.1 Å². The van der Waals surface area contributed by atoms with Crippen LogP contribution in [0, 0.1) is 25.5 Å². The van der Waals surface area contributed by atoms with Crippen LogP contribution in [0.15, 0.2) is 97.1 Å². The molecule has 0 saturated carbocycles. The van der Waals surface area contributed by atoms with Crippen molar-refractivity contribution in [3.8, 4) is 33.9 Å². The average Bonchev–Trinajstić information content (AvgIpc) is 3.56. The van der Waals surface area contributed by atoms with Crippen molar-refractivity contribution in [1.29, 1.82) is 0 Å². The molecular formula is C32H26F2N6. The van der Waals surface area contributed by atoms with Crippen LogP contribution in [0.5, 0.6) is 0 Å². The van der Waals surface area contributed by atoms with Crippen LogP contribution in [0.3, 0.4) is 0 Å². The lowest BCUT2D eigenvalue weighted by molar-refractivity contribution is 0.627. The van der Waals surface area contributed by atoms with Gasteiger partial charge in [-0.15, -0.1) is 10.2 Å². The number of hydrogen-bond acceptors (Lipinski definition) is 4. The predicted octanol–water partition coefficient (Wildman–Crippen LogP) is 6.86. The molecule has 0 radical (unpaired) electrons. The minimum atomic E-state index is -0.337. The number of aryl methyl sites for hydroxylation is 2. The zero-order chi connectivity index (χ0) is 27.6. The van der Waals surface area contributed by atoms with E-state index in [9.17, 15) is 8.78 Å². The Morgan fingerprint density at radius 3 is 1.27 bits per heavy atom. The highest BCUT2D eigenvalue weighted by atomic mass is 19.1. The first kappa shape index (κ1) is 25.3. The maximum absolute atomic E-state index is 13.9. The Labute approximate surface area is 230 Å². The van der Waals surface area contributed by atoms with Crippen molar-refractivity contribution in [2.45, 2.75) is 26.9 Å². The Hall–Kier alpha value is -4.98. The molecule has 0 fully saturated rings. The van der Waals surface area contributed by atoms with Crippen molar-refractivity contribution in [2.75, 3.05) is 0 Å². The van der Waals surface area contributed by atoms with Crippen LogP contribution in [0.2, 0.25) is 0 Å². The Morgan fingerprint density at radius 2 is 0.900 bits per heavy atom. The van der Waals surface area contributed by atoms with E-state index in [2.05, 4.69) is 58.7 Å². The second-order valence-corrected chi connectivity index (χ2v) is 9.76. The summed E-state index contributed by atoms with van der Waals surface area (Å²) in [5.74, 6) is -0.674. The highest BCUT2D eigenvalue weighted by molar-refractivity contribution is 5.84. The SMILES string of the molecule is Cc1ccccc1Cn1nnc(-c2ccc(F)cc2)c1-c1c(-c2ccc(F)cc2)nnn1Cc1ccccc1C. The quantitative estimate of drug-likeness (QED) is 0.225. The highest BCUT2D eigenvalue weighted by Crippen LogP contribution is 2.37. The van der Waals surface area contributed by atoms with Gasteiger partial charge in [0.05, 0.1) is 13.1 Å². The monoisotopic (exact) mass is 532 g/mol. The van der Waals surface area contributed by atoms with E-state index in [1.54, 1.807) is 24.3 Å². The molecule has 0 bridgehead atoms. The summed E-state index contributed by atoms with van der Waals surface area (Å²) in [6.45, 7) is 5.02. The van der Waals surface area contributed by atoms with Crippen molar-refractivity contribution in [2.24, 2.45) is 0 Å². The van der Waals surface area contributed by atoms with E-state index in [0.29, 0.717) is 47.0 Å². The molecule has 0 saturated heterocycles. The Kier molecular flexibility index (Phi) is 6.74. The van der Waals surface area contributed by atoms with Crippen molar-refractivity contribution >= 4 is 0 Å². The molecule has 198 valence electrons. The summed E-state index contributed by atoms with van der Waals surface area (Å²) in [5, 5.41) is 18.3. The van der Waals surface area contributed by atoms with Crippen molar-refractivity contribution < 1.29 is 8.78 Å². The molecule has 6 aromatic rings. The van der Waals surface area contributed by atoms with E-state index in [1.165, 1.54) is 24.3 Å². The van der Waals surface area contributed by atoms with Gasteiger partial charge in [0.2, 0.25) is 0 Å². The van der Waals surface area contributed by atoms with Crippen molar-refractivity contribution in [1.82, 2.24) is 30.0 Å². The molecule has 0 atom stereocenters. The van der Waals surface area contributed by atoms with Gasteiger partial charge in [-0.2, -0.15) is 0 Å². The van der Waals surface area contributed by atoms with E-state index in [-0.39, 0.29) is 11.6 Å². The zero-order valence-electron chi connectivity index (χ0n) is 22.1. The number of rotatable bonds is 7. The first-order valence-corrected chi connectivity index (χ1v) is 13.0.